The fourth-order valence-electron chi connectivity index (χ4n) is 5.96. The molecular formula is C28H32ClN7O2. The van der Waals surface area contributed by atoms with Crippen LogP contribution in [0.4, 0.5) is 5.69 Å². The van der Waals surface area contributed by atoms with Crippen molar-refractivity contribution in [3.05, 3.63) is 74.8 Å². The second-order valence-electron chi connectivity index (χ2n) is 10.3. The number of nitrogens with one attached hydrogen (secondary N) is 1. The molecule has 9 nitrogen and oxygen atoms in total. The third kappa shape index (κ3) is 4.65. The number of fused-ring (bicyclic) bond motifs is 1. The van der Waals surface area contributed by atoms with Crippen molar-refractivity contribution in [1.82, 2.24) is 30.1 Å². The van der Waals surface area contributed by atoms with E-state index in [4.69, 9.17) is 16.3 Å². The number of hydrogen-bond donors (Lipinski definition) is 1. The SMILES string of the molecule is COc1ccc2[nH]c(=O)c([C@H](c3nnnn3C3CCCC3)N3CCN(c4cc(Cl)ccc4C)CC3)cc2c1. The molecule has 0 spiro atoms. The molecular weight excluding hydrogens is 502 g/mol. The molecule has 1 aliphatic heterocycles. The molecule has 0 unspecified atom stereocenters. The van der Waals surface area contributed by atoms with Crippen LogP contribution in [-0.4, -0.2) is 63.4 Å². The maximum atomic E-state index is 13.6. The number of halogens is 1. The number of aryl methyl sites for hydroxylation is 1. The van der Waals surface area contributed by atoms with Gasteiger partial charge in [0.2, 0.25) is 0 Å². The highest BCUT2D eigenvalue weighted by Gasteiger charge is 2.35. The zero-order valence-electron chi connectivity index (χ0n) is 21.7. The Morgan fingerprint density at radius 1 is 1.05 bits per heavy atom. The zero-order chi connectivity index (χ0) is 26.2. The van der Waals surface area contributed by atoms with E-state index in [1.165, 1.54) is 18.4 Å². The van der Waals surface area contributed by atoms with Crippen LogP contribution in [0.3, 0.4) is 0 Å². The van der Waals surface area contributed by atoms with Gasteiger partial charge in [-0.25, -0.2) is 4.68 Å². The number of rotatable bonds is 6. The van der Waals surface area contributed by atoms with Crippen molar-refractivity contribution in [2.45, 2.75) is 44.7 Å². The summed E-state index contributed by atoms with van der Waals surface area (Å²) in [6.45, 7) is 5.23. The average Bonchev–Trinajstić information content (AvgIpc) is 3.63. The Morgan fingerprint density at radius 3 is 2.61 bits per heavy atom. The van der Waals surface area contributed by atoms with Gasteiger partial charge in [0.1, 0.15) is 11.8 Å². The lowest BCUT2D eigenvalue weighted by Gasteiger charge is -2.40. The summed E-state index contributed by atoms with van der Waals surface area (Å²) in [6, 6.07) is 13.6. The summed E-state index contributed by atoms with van der Waals surface area (Å²) >= 11 is 6.32. The van der Waals surface area contributed by atoms with Crippen LogP contribution in [0, 0.1) is 6.92 Å². The number of piperazine rings is 1. The minimum absolute atomic E-state index is 0.123. The molecule has 0 amide bonds. The molecule has 4 aromatic rings. The van der Waals surface area contributed by atoms with E-state index in [9.17, 15) is 4.79 Å². The van der Waals surface area contributed by atoms with E-state index < -0.39 is 0 Å². The number of hydrogen-bond acceptors (Lipinski definition) is 7. The minimum atomic E-state index is -0.368. The van der Waals surface area contributed by atoms with Crippen molar-refractivity contribution < 1.29 is 4.74 Å². The molecule has 2 aliphatic rings. The molecule has 198 valence electrons. The van der Waals surface area contributed by atoms with Gasteiger partial charge in [-0.15, -0.1) is 5.10 Å². The Kier molecular flexibility index (Phi) is 6.80. The Hall–Kier alpha value is -3.43. The maximum absolute atomic E-state index is 13.6. The molecule has 1 aliphatic carbocycles. The van der Waals surface area contributed by atoms with Crippen molar-refractivity contribution in [3.63, 3.8) is 0 Å². The van der Waals surface area contributed by atoms with Crippen molar-refractivity contribution in [3.8, 4) is 5.75 Å². The van der Waals surface area contributed by atoms with E-state index in [0.29, 0.717) is 5.56 Å². The van der Waals surface area contributed by atoms with Crippen LogP contribution in [-0.2, 0) is 0 Å². The summed E-state index contributed by atoms with van der Waals surface area (Å²) < 4.78 is 7.42. The van der Waals surface area contributed by atoms with Gasteiger partial charge >= 0.3 is 0 Å². The van der Waals surface area contributed by atoms with Crippen molar-refractivity contribution in [1.29, 1.82) is 0 Å². The summed E-state index contributed by atoms with van der Waals surface area (Å²) in [5.74, 6) is 1.48. The summed E-state index contributed by atoms with van der Waals surface area (Å²) in [6.07, 6.45) is 4.45. The smallest absolute Gasteiger partial charge is 0.253 e. The summed E-state index contributed by atoms with van der Waals surface area (Å²) in [5.41, 5.74) is 3.65. The number of pyridine rings is 1. The third-order valence-electron chi connectivity index (χ3n) is 8.00. The number of benzene rings is 2. The van der Waals surface area contributed by atoms with Gasteiger partial charge in [0.05, 0.1) is 13.2 Å². The Labute approximate surface area is 226 Å². The number of methoxy groups -OCH3 is 1. The van der Waals surface area contributed by atoms with E-state index in [1.807, 2.05) is 41.1 Å². The zero-order valence-corrected chi connectivity index (χ0v) is 22.5. The number of ether oxygens (including phenoxy) is 1. The molecule has 38 heavy (non-hydrogen) atoms. The first-order valence-electron chi connectivity index (χ1n) is 13.3. The van der Waals surface area contributed by atoms with Crippen LogP contribution in [0.5, 0.6) is 5.75 Å². The Morgan fingerprint density at radius 2 is 1.84 bits per heavy atom. The molecule has 1 saturated carbocycles. The summed E-state index contributed by atoms with van der Waals surface area (Å²) in [7, 11) is 1.65. The lowest BCUT2D eigenvalue weighted by molar-refractivity contribution is 0.197. The molecule has 2 aromatic carbocycles. The normalized spacial score (nSPS) is 17.8. The van der Waals surface area contributed by atoms with Gasteiger partial charge in [-0.2, -0.15) is 0 Å². The predicted octanol–water partition coefficient (Wildman–Crippen LogP) is 4.51. The number of nitrogens with zero attached hydrogens (tertiary/aromatic N) is 6. The third-order valence-corrected chi connectivity index (χ3v) is 8.23. The fraction of sp³-hybridized carbons (Fsp3) is 0.429. The van der Waals surface area contributed by atoms with Gasteiger partial charge in [0.25, 0.3) is 5.56 Å². The van der Waals surface area contributed by atoms with Crippen LogP contribution < -0.4 is 15.2 Å². The lowest BCUT2D eigenvalue weighted by Crippen LogP contribution is -2.49. The maximum Gasteiger partial charge on any atom is 0.253 e. The first-order valence-corrected chi connectivity index (χ1v) is 13.6. The van der Waals surface area contributed by atoms with Crippen LogP contribution >= 0.6 is 11.6 Å². The van der Waals surface area contributed by atoms with E-state index in [0.717, 1.165) is 72.2 Å². The highest BCUT2D eigenvalue weighted by molar-refractivity contribution is 6.30. The summed E-state index contributed by atoms with van der Waals surface area (Å²) in [4.78, 5) is 21.3. The molecule has 3 heterocycles. The molecule has 0 radical (unpaired) electrons. The quantitative estimate of drug-likeness (QED) is 0.390. The first-order chi connectivity index (χ1) is 18.5. The average molecular weight is 534 g/mol. The fourth-order valence-corrected chi connectivity index (χ4v) is 6.13. The van der Waals surface area contributed by atoms with Crippen LogP contribution in [0.1, 0.15) is 54.7 Å². The lowest BCUT2D eigenvalue weighted by atomic mass is 10.0. The van der Waals surface area contributed by atoms with Gasteiger partial charge in [-0.05, 0) is 72.2 Å². The second kappa shape index (κ2) is 10.4. The van der Waals surface area contributed by atoms with Gasteiger partial charge in [0.15, 0.2) is 5.82 Å². The monoisotopic (exact) mass is 533 g/mol. The first kappa shape index (κ1) is 24.9. The van der Waals surface area contributed by atoms with E-state index in [-0.39, 0.29) is 17.6 Å². The number of tetrazole rings is 1. The van der Waals surface area contributed by atoms with Gasteiger partial charge in [-0.3, -0.25) is 9.69 Å². The second-order valence-corrected chi connectivity index (χ2v) is 10.7. The molecule has 1 N–H and O–H groups in total. The van der Waals surface area contributed by atoms with Crippen molar-refractivity contribution >= 4 is 28.2 Å². The number of aromatic nitrogens is 5. The summed E-state index contributed by atoms with van der Waals surface area (Å²) in [5, 5.41) is 14.7. The van der Waals surface area contributed by atoms with Gasteiger partial charge < -0.3 is 14.6 Å². The highest BCUT2D eigenvalue weighted by Crippen LogP contribution is 2.35. The molecule has 1 atom stereocenters. The van der Waals surface area contributed by atoms with E-state index in [1.54, 1.807) is 7.11 Å². The van der Waals surface area contributed by atoms with Crippen molar-refractivity contribution in [2.24, 2.45) is 0 Å². The molecule has 1 saturated heterocycles. The van der Waals surface area contributed by atoms with Crippen LogP contribution in [0.15, 0.2) is 47.3 Å². The van der Waals surface area contributed by atoms with Gasteiger partial charge in [0, 0.05) is 53.4 Å². The topological polar surface area (TPSA) is 92.2 Å². The minimum Gasteiger partial charge on any atom is -0.497 e. The number of anilines is 1. The molecule has 0 bridgehead atoms. The molecule has 2 aromatic heterocycles. The predicted molar refractivity (Wildman–Crippen MR) is 148 cm³/mol. The molecule has 6 rings (SSSR count). The van der Waals surface area contributed by atoms with Crippen molar-refractivity contribution in [2.75, 3.05) is 38.2 Å². The van der Waals surface area contributed by atoms with E-state index in [2.05, 4.69) is 43.3 Å². The molecule has 10 heteroatoms. The molecule has 2 fully saturated rings. The standard InChI is InChI=1S/C28H32ClN7O2/c1-18-7-8-20(29)17-25(18)34-11-13-35(14-12-34)26(27-31-32-33-36(27)21-5-3-4-6-21)23-16-19-15-22(38-2)9-10-24(19)30-28(23)37/h7-10,15-17,21,26H,3-6,11-14H2,1-2H3,(H,30,37)/t26-/m1/s1. The number of H-pyrrole nitrogens is 1. The largest absolute Gasteiger partial charge is 0.497 e. The van der Waals surface area contributed by atoms with Crippen LogP contribution in [0.25, 0.3) is 10.9 Å². The van der Waals surface area contributed by atoms with Gasteiger partial charge in [-0.1, -0.05) is 30.5 Å². The highest BCUT2D eigenvalue weighted by atomic mass is 35.5. The van der Waals surface area contributed by atoms with Crippen LogP contribution in [0.2, 0.25) is 5.02 Å². The Balaban J connectivity index is 1.39. The number of aromatic amines is 1. The van der Waals surface area contributed by atoms with E-state index >= 15 is 0 Å². The Bertz CT molecular complexity index is 1500.